The molecule has 0 amide bonds. The maximum atomic E-state index is 11.0. The summed E-state index contributed by atoms with van der Waals surface area (Å²) in [5.74, 6) is 5.76. The molecule has 4 N–H and O–H groups in total. The fourth-order valence-corrected chi connectivity index (χ4v) is 1.73. The van der Waals surface area contributed by atoms with Crippen molar-refractivity contribution in [3.05, 3.63) is 52.1 Å². The van der Waals surface area contributed by atoms with Gasteiger partial charge in [-0.15, -0.1) is 0 Å². The van der Waals surface area contributed by atoms with E-state index < -0.39 is 4.92 Å². The van der Waals surface area contributed by atoms with E-state index in [1.54, 1.807) is 0 Å². The van der Waals surface area contributed by atoms with Crippen LogP contribution in [0.5, 0.6) is 0 Å². The van der Waals surface area contributed by atoms with Gasteiger partial charge in [0.05, 0.1) is 4.92 Å². The monoisotopic (exact) mass is 273 g/mol. The lowest BCUT2D eigenvalue weighted by Crippen LogP contribution is -2.10. The SMILES string of the molecule is CCc1ccc(Nc2nc(NN)ccc2[N+](=O)[O-])cc1. The molecule has 2 rings (SSSR count). The van der Waals surface area contributed by atoms with Crippen molar-refractivity contribution in [1.82, 2.24) is 4.98 Å². The molecule has 0 aliphatic carbocycles. The molecular weight excluding hydrogens is 258 g/mol. The van der Waals surface area contributed by atoms with Crippen molar-refractivity contribution in [2.75, 3.05) is 10.7 Å². The van der Waals surface area contributed by atoms with E-state index >= 15 is 0 Å². The maximum Gasteiger partial charge on any atom is 0.311 e. The molecule has 0 saturated heterocycles. The molecule has 1 aromatic heterocycles. The zero-order valence-electron chi connectivity index (χ0n) is 11.0. The molecule has 0 fully saturated rings. The van der Waals surface area contributed by atoms with Gasteiger partial charge in [-0.1, -0.05) is 19.1 Å². The number of hydrogen-bond donors (Lipinski definition) is 3. The van der Waals surface area contributed by atoms with Crippen LogP contribution in [0.1, 0.15) is 12.5 Å². The third kappa shape index (κ3) is 3.01. The van der Waals surface area contributed by atoms with E-state index in [4.69, 9.17) is 5.84 Å². The van der Waals surface area contributed by atoms with Gasteiger partial charge in [0.15, 0.2) is 0 Å². The van der Waals surface area contributed by atoms with Crippen molar-refractivity contribution in [2.24, 2.45) is 5.84 Å². The first kappa shape index (κ1) is 13.8. The number of nitro groups is 1. The predicted molar refractivity (Wildman–Crippen MR) is 77.8 cm³/mol. The Hall–Kier alpha value is -2.67. The van der Waals surface area contributed by atoms with Crippen LogP contribution in [0.15, 0.2) is 36.4 Å². The molecule has 0 unspecified atom stereocenters. The van der Waals surface area contributed by atoms with Crippen LogP contribution in [0.2, 0.25) is 0 Å². The molecule has 1 heterocycles. The fraction of sp³-hybridized carbons (Fsp3) is 0.154. The van der Waals surface area contributed by atoms with E-state index in [0.717, 1.165) is 12.1 Å². The number of rotatable bonds is 5. The average Bonchev–Trinajstić information content (AvgIpc) is 2.47. The minimum absolute atomic E-state index is 0.108. The third-order valence-corrected chi connectivity index (χ3v) is 2.84. The van der Waals surface area contributed by atoms with Crippen LogP contribution in [-0.4, -0.2) is 9.91 Å². The number of benzene rings is 1. The number of pyridine rings is 1. The molecular formula is C13H15N5O2. The molecule has 20 heavy (non-hydrogen) atoms. The molecule has 0 atom stereocenters. The van der Waals surface area contributed by atoms with Gasteiger partial charge in [-0.05, 0) is 30.2 Å². The second kappa shape index (κ2) is 5.98. The first-order valence-corrected chi connectivity index (χ1v) is 6.12. The number of nitrogens with two attached hydrogens (primary N) is 1. The number of hydrogen-bond acceptors (Lipinski definition) is 6. The summed E-state index contributed by atoms with van der Waals surface area (Å²) < 4.78 is 0. The molecule has 7 heteroatoms. The molecule has 0 saturated carbocycles. The lowest BCUT2D eigenvalue weighted by molar-refractivity contribution is -0.384. The van der Waals surface area contributed by atoms with Gasteiger partial charge in [0.2, 0.25) is 5.82 Å². The van der Waals surface area contributed by atoms with E-state index in [-0.39, 0.29) is 11.5 Å². The summed E-state index contributed by atoms with van der Waals surface area (Å²) in [6.45, 7) is 2.06. The molecule has 104 valence electrons. The van der Waals surface area contributed by atoms with Crippen molar-refractivity contribution in [1.29, 1.82) is 0 Å². The number of aryl methyl sites for hydroxylation is 1. The Kier molecular flexibility index (Phi) is 4.11. The summed E-state index contributed by atoms with van der Waals surface area (Å²) in [4.78, 5) is 14.6. The highest BCUT2D eigenvalue weighted by Gasteiger charge is 2.16. The maximum absolute atomic E-state index is 11.0. The standard InChI is InChI=1S/C13H15N5O2/c1-2-9-3-5-10(6-4-9)15-13-11(18(19)20)7-8-12(16-13)17-14/h3-8H,2,14H2,1H3,(H2,15,16,17). The lowest BCUT2D eigenvalue weighted by atomic mass is 10.1. The summed E-state index contributed by atoms with van der Waals surface area (Å²) in [7, 11) is 0. The number of hydrazine groups is 1. The summed E-state index contributed by atoms with van der Waals surface area (Å²) >= 11 is 0. The zero-order valence-corrected chi connectivity index (χ0v) is 11.0. The van der Waals surface area contributed by atoms with Crippen molar-refractivity contribution < 1.29 is 4.92 Å². The second-order valence-corrected chi connectivity index (χ2v) is 4.14. The van der Waals surface area contributed by atoms with Gasteiger partial charge in [0, 0.05) is 11.8 Å². The average molecular weight is 273 g/mol. The Balaban J connectivity index is 2.32. The van der Waals surface area contributed by atoms with Gasteiger partial charge >= 0.3 is 5.69 Å². The first-order valence-electron chi connectivity index (χ1n) is 6.12. The molecule has 7 nitrogen and oxygen atoms in total. The molecule has 0 bridgehead atoms. The van der Waals surface area contributed by atoms with Crippen LogP contribution >= 0.6 is 0 Å². The van der Waals surface area contributed by atoms with Crippen molar-refractivity contribution in [3.8, 4) is 0 Å². The number of aromatic nitrogens is 1. The van der Waals surface area contributed by atoms with Gasteiger partial charge in [-0.2, -0.15) is 0 Å². The van der Waals surface area contributed by atoms with Gasteiger partial charge in [0.1, 0.15) is 5.82 Å². The highest BCUT2D eigenvalue weighted by atomic mass is 16.6. The molecule has 0 aliphatic rings. The minimum Gasteiger partial charge on any atom is -0.334 e. The van der Waals surface area contributed by atoms with Gasteiger partial charge in [-0.3, -0.25) is 10.1 Å². The molecule has 1 aromatic carbocycles. The number of nitrogens with one attached hydrogen (secondary N) is 2. The van der Waals surface area contributed by atoms with E-state index in [0.29, 0.717) is 5.82 Å². The smallest absolute Gasteiger partial charge is 0.311 e. The molecule has 0 radical (unpaired) electrons. The fourth-order valence-electron chi connectivity index (χ4n) is 1.73. The Bertz CT molecular complexity index is 613. The van der Waals surface area contributed by atoms with E-state index in [1.165, 1.54) is 17.7 Å². The summed E-state index contributed by atoms with van der Waals surface area (Å²) in [5.41, 5.74) is 4.17. The van der Waals surface area contributed by atoms with E-state index in [1.807, 2.05) is 24.3 Å². The second-order valence-electron chi connectivity index (χ2n) is 4.14. The zero-order chi connectivity index (χ0) is 14.5. The minimum atomic E-state index is -0.490. The molecule has 0 aliphatic heterocycles. The van der Waals surface area contributed by atoms with Crippen molar-refractivity contribution in [3.63, 3.8) is 0 Å². The third-order valence-electron chi connectivity index (χ3n) is 2.84. The van der Waals surface area contributed by atoms with Crippen LogP contribution in [0.25, 0.3) is 0 Å². The quantitative estimate of drug-likeness (QED) is 0.439. The first-order chi connectivity index (χ1) is 9.63. The molecule has 0 spiro atoms. The Morgan fingerprint density at radius 1 is 1.25 bits per heavy atom. The Morgan fingerprint density at radius 3 is 2.50 bits per heavy atom. The largest absolute Gasteiger partial charge is 0.334 e. The summed E-state index contributed by atoms with van der Waals surface area (Å²) in [6.07, 6.45) is 0.936. The van der Waals surface area contributed by atoms with Crippen LogP contribution in [-0.2, 0) is 6.42 Å². The summed E-state index contributed by atoms with van der Waals surface area (Å²) in [5, 5.41) is 13.9. The van der Waals surface area contributed by atoms with E-state index in [2.05, 4.69) is 22.7 Å². The van der Waals surface area contributed by atoms with Crippen molar-refractivity contribution in [2.45, 2.75) is 13.3 Å². The Labute approximate surface area is 116 Å². The highest BCUT2D eigenvalue weighted by Crippen LogP contribution is 2.27. The van der Waals surface area contributed by atoms with Gasteiger partial charge < -0.3 is 10.7 Å². The van der Waals surface area contributed by atoms with Crippen LogP contribution in [0.4, 0.5) is 23.0 Å². The van der Waals surface area contributed by atoms with Crippen LogP contribution in [0, 0.1) is 10.1 Å². The highest BCUT2D eigenvalue weighted by molar-refractivity contribution is 5.67. The van der Waals surface area contributed by atoms with Gasteiger partial charge in [-0.25, -0.2) is 10.8 Å². The topological polar surface area (TPSA) is 106 Å². The Morgan fingerprint density at radius 2 is 1.95 bits per heavy atom. The number of anilines is 3. The van der Waals surface area contributed by atoms with Crippen LogP contribution in [0.3, 0.4) is 0 Å². The van der Waals surface area contributed by atoms with Crippen molar-refractivity contribution >= 4 is 23.0 Å². The normalized spacial score (nSPS) is 10.1. The number of nitrogens with zero attached hydrogens (tertiary/aromatic N) is 2. The van der Waals surface area contributed by atoms with Crippen LogP contribution < -0.4 is 16.6 Å². The number of nitrogen functional groups attached to an aromatic ring is 1. The lowest BCUT2D eigenvalue weighted by Gasteiger charge is -2.08. The van der Waals surface area contributed by atoms with E-state index in [9.17, 15) is 10.1 Å². The van der Waals surface area contributed by atoms with Gasteiger partial charge in [0.25, 0.3) is 0 Å². The summed E-state index contributed by atoms with van der Waals surface area (Å²) in [6, 6.07) is 10.4. The molecule has 2 aromatic rings. The predicted octanol–water partition coefficient (Wildman–Crippen LogP) is 2.58.